The molecule has 3 N–H and O–H groups in total. The second-order valence-electron chi connectivity index (χ2n) is 8.22. The topological polar surface area (TPSA) is 83.6 Å². The molecule has 0 spiro atoms. The zero-order chi connectivity index (χ0) is 24.1. The Morgan fingerprint density at radius 2 is 1.88 bits per heavy atom. The molecule has 0 bridgehead atoms. The van der Waals surface area contributed by atoms with Gasteiger partial charge in [0.25, 0.3) is 0 Å². The summed E-state index contributed by atoms with van der Waals surface area (Å²) in [7, 11) is 1.59. The van der Waals surface area contributed by atoms with Crippen molar-refractivity contribution in [2.24, 2.45) is 0 Å². The number of H-pyrrole nitrogens is 1. The molecule has 6 nitrogen and oxygen atoms in total. The third-order valence-corrected chi connectivity index (χ3v) is 6.33. The van der Waals surface area contributed by atoms with Gasteiger partial charge in [-0.15, -0.1) is 0 Å². The van der Waals surface area contributed by atoms with Gasteiger partial charge < -0.3 is 24.9 Å². The highest BCUT2D eigenvalue weighted by molar-refractivity contribution is 9.10. The number of carboxylic acid groups (broad SMARTS) is 1. The van der Waals surface area contributed by atoms with Crippen LogP contribution in [0.4, 0.5) is 0 Å². The zero-order valence-electron chi connectivity index (χ0n) is 19.1. The van der Waals surface area contributed by atoms with Crippen LogP contribution in [0.3, 0.4) is 0 Å². The number of rotatable bonds is 10. The van der Waals surface area contributed by atoms with Crippen molar-refractivity contribution in [3.63, 3.8) is 0 Å². The van der Waals surface area contributed by atoms with E-state index in [-0.39, 0.29) is 0 Å². The Hall–Kier alpha value is -3.29. The largest absolute Gasteiger partial charge is 0.493 e. The standard InChI is InChI=1S/C27H27BrN2O4/c1-17-7-9-18(10-8-17)16-34-26-22(28)11-19(12-25(26)33-2)14-29-24(27(31)32)13-20-15-30-23-6-4-3-5-21(20)23/h3-12,15,24,29-30H,13-14,16H2,1-2H3,(H,31,32). The summed E-state index contributed by atoms with van der Waals surface area (Å²) in [6.45, 7) is 2.83. The highest BCUT2D eigenvalue weighted by Gasteiger charge is 2.20. The fraction of sp³-hybridized carbons (Fsp3) is 0.222. The number of benzene rings is 3. The number of ether oxygens (including phenoxy) is 2. The molecule has 1 aromatic heterocycles. The molecule has 1 heterocycles. The van der Waals surface area contributed by atoms with Gasteiger partial charge in [0.15, 0.2) is 11.5 Å². The molecule has 176 valence electrons. The first-order valence-electron chi connectivity index (χ1n) is 11.0. The first-order chi connectivity index (χ1) is 16.4. The van der Waals surface area contributed by atoms with Crippen LogP contribution >= 0.6 is 15.9 Å². The molecule has 0 fully saturated rings. The Morgan fingerprint density at radius 1 is 1.12 bits per heavy atom. The molecular formula is C27H27BrN2O4. The minimum absolute atomic E-state index is 0.368. The molecule has 0 saturated carbocycles. The van der Waals surface area contributed by atoms with Gasteiger partial charge in [0, 0.05) is 30.1 Å². The van der Waals surface area contributed by atoms with Crippen LogP contribution in [-0.2, 0) is 24.4 Å². The average molecular weight is 523 g/mol. The second kappa shape index (κ2) is 10.8. The number of carbonyl (C=O) groups is 1. The maximum Gasteiger partial charge on any atom is 0.321 e. The first-order valence-corrected chi connectivity index (χ1v) is 11.8. The smallest absolute Gasteiger partial charge is 0.321 e. The fourth-order valence-electron chi connectivity index (χ4n) is 3.86. The van der Waals surface area contributed by atoms with Crippen molar-refractivity contribution in [1.82, 2.24) is 10.3 Å². The van der Waals surface area contributed by atoms with E-state index < -0.39 is 12.0 Å². The number of aromatic amines is 1. The van der Waals surface area contributed by atoms with Crippen molar-refractivity contribution < 1.29 is 19.4 Å². The van der Waals surface area contributed by atoms with E-state index in [9.17, 15) is 9.90 Å². The highest BCUT2D eigenvalue weighted by Crippen LogP contribution is 2.37. The third kappa shape index (κ3) is 5.61. The molecule has 0 saturated heterocycles. The molecular weight excluding hydrogens is 496 g/mol. The number of aliphatic carboxylic acids is 1. The van der Waals surface area contributed by atoms with Gasteiger partial charge in [0.1, 0.15) is 12.6 Å². The molecule has 0 amide bonds. The SMILES string of the molecule is COc1cc(CNC(Cc2c[nH]c3ccccc23)C(=O)O)cc(Br)c1OCc1ccc(C)cc1. The van der Waals surface area contributed by atoms with Gasteiger partial charge in [0.05, 0.1) is 11.6 Å². The Bertz CT molecular complexity index is 1280. The summed E-state index contributed by atoms with van der Waals surface area (Å²) in [6, 6.07) is 19.1. The molecule has 3 aromatic carbocycles. The minimum Gasteiger partial charge on any atom is -0.493 e. The molecule has 1 atom stereocenters. The van der Waals surface area contributed by atoms with Gasteiger partial charge in [-0.25, -0.2) is 0 Å². The molecule has 1 unspecified atom stereocenters. The van der Waals surface area contributed by atoms with Crippen LogP contribution in [0.5, 0.6) is 11.5 Å². The zero-order valence-corrected chi connectivity index (χ0v) is 20.7. The number of para-hydroxylation sites is 1. The van der Waals surface area contributed by atoms with Crippen LogP contribution in [0.2, 0.25) is 0 Å². The Kier molecular flexibility index (Phi) is 7.55. The van der Waals surface area contributed by atoms with E-state index in [1.165, 1.54) is 5.56 Å². The van der Waals surface area contributed by atoms with Crippen LogP contribution < -0.4 is 14.8 Å². The molecule has 7 heteroatoms. The summed E-state index contributed by atoms with van der Waals surface area (Å²) in [6.07, 6.45) is 2.25. The van der Waals surface area contributed by atoms with Gasteiger partial charge in [0.2, 0.25) is 0 Å². The lowest BCUT2D eigenvalue weighted by atomic mass is 10.0. The third-order valence-electron chi connectivity index (χ3n) is 5.74. The van der Waals surface area contributed by atoms with Crippen molar-refractivity contribution in [3.8, 4) is 11.5 Å². The van der Waals surface area contributed by atoms with Crippen LogP contribution in [0.25, 0.3) is 10.9 Å². The van der Waals surface area contributed by atoms with Crippen molar-refractivity contribution in [2.45, 2.75) is 32.5 Å². The van der Waals surface area contributed by atoms with Gasteiger partial charge in [-0.1, -0.05) is 48.0 Å². The molecule has 4 aromatic rings. The average Bonchev–Trinajstić information content (AvgIpc) is 3.24. The van der Waals surface area contributed by atoms with E-state index in [0.717, 1.165) is 32.1 Å². The molecule has 4 rings (SSSR count). The van der Waals surface area contributed by atoms with Gasteiger partial charge in [-0.05, 0) is 57.7 Å². The van der Waals surface area contributed by atoms with Crippen molar-refractivity contribution in [2.75, 3.05) is 7.11 Å². The molecule has 34 heavy (non-hydrogen) atoms. The summed E-state index contributed by atoms with van der Waals surface area (Å²) in [5.74, 6) is 0.302. The van der Waals surface area contributed by atoms with Crippen molar-refractivity contribution >= 4 is 32.8 Å². The van der Waals surface area contributed by atoms with E-state index >= 15 is 0 Å². The van der Waals surface area contributed by atoms with Crippen LogP contribution in [0.1, 0.15) is 22.3 Å². The Balaban J connectivity index is 1.45. The number of carboxylic acids is 1. The van der Waals surface area contributed by atoms with E-state index in [2.05, 4.69) is 38.4 Å². The summed E-state index contributed by atoms with van der Waals surface area (Å²) >= 11 is 3.58. The number of hydrogen-bond acceptors (Lipinski definition) is 4. The molecule has 0 radical (unpaired) electrons. The van der Waals surface area contributed by atoms with E-state index in [4.69, 9.17) is 9.47 Å². The predicted molar refractivity (Wildman–Crippen MR) is 136 cm³/mol. The molecule has 0 aliphatic rings. The molecule has 0 aliphatic heterocycles. The lowest BCUT2D eigenvalue weighted by molar-refractivity contribution is -0.139. The number of aryl methyl sites for hydroxylation is 1. The monoisotopic (exact) mass is 522 g/mol. The summed E-state index contributed by atoms with van der Waals surface area (Å²) in [5, 5.41) is 14.0. The predicted octanol–water partition coefficient (Wildman–Crippen LogP) is 5.61. The quantitative estimate of drug-likeness (QED) is 0.252. The normalized spacial score (nSPS) is 12.0. The van der Waals surface area contributed by atoms with Crippen LogP contribution in [-0.4, -0.2) is 29.2 Å². The van der Waals surface area contributed by atoms with Gasteiger partial charge in [-0.2, -0.15) is 0 Å². The number of nitrogens with one attached hydrogen (secondary N) is 2. The maximum atomic E-state index is 11.9. The van der Waals surface area contributed by atoms with Crippen LogP contribution in [0, 0.1) is 6.92 Å². The number of fused-ring (bicyclic) bond motifs is 1. The number of methoxy groups -OCH3 is 1. The maximum absolute atomic E-state index is 11.9. The minimum atomic E-state index is -0.894. The lowest BCUT2D eigenvalue weighted by Crippen LogP contribution is -2.38. The second-order valence-corrected chi connectivity index (χ2v) is 9.07. The summed E-state index contributed by atoms with van der Waals surface area (Å²) in [4.78, 5) is 15.1. The number of aromatic nitrogens is 1. The highest BCUT2D eigenvalue weighted by atomic mass is 79.9. The van der Waals surface area contributed by atoms with E-state index in [1.54, 1.807) is 7.11 Å². The molecule has 0 aliphatic carbocycles. The van der Waals surface area contributed by atoms with Gasteiger partial charge >= 0.3 is 5.97 Å². The van der Waals surface area contributed by atoms with E-state index in [0.29, 0.717) is 31.1 Å². The first kappa shape index (κ1) is 23.9. The summed E-state index contributed by atoms with van der Waals surface area (Å²) < 4.78 is 12.3. The number of hydrogen-bond donors (Lipinski definition) is 3. The van der Waals surface area contributed by atoms with Crippen molar-refractivity contribution in [1.29, 1.82) is 0 Å². The van der Waals surface area contributed by atoms with Gasteiger partial charge in [-0.3, -0.25) is 4.79 Å². The summed E-state index contributed by atoms with van der Waals surface area (Å²) in [5.41, 5.74) is 5.11. The Morgan fingerprint density at radius 3 is 2.62 bits per heavy atom. The Labute approximate surface area is 207 Å². The van der Waals surface area contributed by atoms with Crippen LogP contribution in [0.15, 0.2) is 71.3 Å². The van der Waals surface area contributed by atoms with Crippen molar-refractivity contribution in [3.05, 3.63) is 93.6 Å². The number of halogens is 1. The lowest BCUT2D eigenvalue weighted by Gasteiger charge is -2.17. The fourth-order valence-corrected chi connectivity index (χ4v) is 4.47. The van der Waals surface area contributed by atoms with E-state index in [1.807, 2.05) is 61.7 Å².